The highest BCUT2D eigenvalue weighted by Crippen LogP contribution is 2.37. The molecule has 4 heterocycles. The van der Waals surface area contributed by atoms with Crippen molar-refractivity contribution in [2.45, 2.75) is 6.54 Å². The Hall–Kier alpha value is -2.48. The molecule has 7 heteroatoms. The van der Waals surface area contributed by atoms with Crippen LogP contribution in [0.1, 0.15) is 0 Å². The van der Waals surface area contributed by atoms with Crippen molar-refractivity contribution in [1.29, 1.82) is 0 Å². The zero-order valence-electron chi connectivity index (χ0n) is 15.1. The lowest BCUT2D eigenvalue weighted by Gasteiger charge is -2.03. The molecule has 28 heavy (non-hydrogen) atoms. The third kappa shape index (κ3) is 2.96. The van der Waals surface area contributed by atoms with E-state index >= 15 is 0 Å². The van der Waals surface area contributed by atoms with E-state index in [-0.39, 0.29) is 0 Å². The number of thiazole rings is 1. The zero-order chi connectivity index (χ0) is 19.1. The minimum atomic E-state index is 0.671. The predicted octanol–water partition coefficient (Wildman–Crippen LogP) is 5.72. The summed E-state index contributed by atoms with van der Waals surface area (Å²) in [4.78, 5) is 12.6. The maximum atomic E-state index is 5.27. The van der Waals surface area contributed by atoms with Crippen molar-refractivity contribution in [2.24, 2.45) is 0 Å². The van der Waals surface area contributed by atoms with Gasteiger partial charge in [0.15, 0.2) is 0 Å². The molecule has 0 radical (unpaired) electrons. The van der Waals surface area contributed by atoms with Crippen LogP contribution in [-0.4, -0.2) is 33.2 Å². The average molecular weight is 453 g/mol. The summed E-state index contributed by atoms with van der Waals surface area (Å²) in [5.74, 6) is 0. The monoisotopic (exact) mass is 452 g/mol. The number of benzene rings is 1. The third-order valence-electron chi connectivity index (χ3n) is 4.84. The van der Waals surface area contributed by atoms with Crippen LogP contribution in [0.15, 0.2) is 58.8 Å². The predicted molar refractivity (Wildman–Crippen MR) is 118 cm³/mol. The van der Waals surface area contributed by atoms with E-state index in [0.29, 0.717) is 6.61 Å². The summed E-state index contributed by atoms with van der Waals surface area (Å²) < 4.78 is 8.57. The lowest BCUT2D eigenvalue weighted by molar-refractivity contribution is 0.188. The number of halogens is 1. The minimum Gasteiger partial charge on any atom is -0.383 e. The average Bonchev–Trinajstić information content (AvgIpc) is 3.42. The van der Waals surface area contributed by atoms with E-state index in [4.69, 9.17) is 9.72 Å². The van der Waals surface area contributed by atoms with Crippen LogP contribution in [0.5, 0.6) is 0 Å². The van der Waals surface area contributed by atoms with Crippen LogP contribution in [0.2, 0.25) is 0 Å². The molecule has 0 unspecified atom stereocenters. The Kier molecular flexibility index (Phi) is 4.50. The van der Waals surface area contributed by atoms with Crippen LogP contribution in [0.3, 0.4) is 0 Å². The van der Waals surface area contributed by atoms with Gasteiger partial charge >= 0.3 is 0 Å². The van der Waals surface area contributed by atoms with Crippen LogP contribution in [0.25, 0.3) is 43.8 Å². The molecule has 5 nitrogen and oxygen atoms in total. The Morgan fingerprint density at radius 3 is 3.04 bits per heavy atom. The number of rotatable bonds is 5. The molecule has 0 aliphatic heterocycles. The Bertz CT molecular complexity index is 1290. The molecule has 0 amide bonds. The summed E-state index contributed by atoms with van der Waals surface area (Å²) in [6.45, 7) is 1.48. The van der Waals surface area contributed by atoms with Crippen LogP contribution >= 0.6 is 27.3 Å². The second kappa shape index (κ2) is 7.16. The summed E-state index contributed by atoms with van der Waals surface area (Å²) in [5, 5.41) is 5.39. The van der Waals surface area contributed by atoms with Crippen LogP contribution < -0.4 is 0 Å². The number of hydrogen-bond donors (Lipinski definition) is 1. The quantitative estimate of drug-likeness (QED) is 0.371. The van der Waals surface area contributed by atoms with E-state index in [1.807, 2.05) is 12.3 Å². The standard InChI is InChI=1S/C21H17BrN4OS/c1-27-8-7-26-11-17(15-9-13(22)4-5-19(15)26)21-25-18(12-28-21)16-10-24-20-14(16)3-2-6-23-20/h2-6,9-12H,7-8H2,1H3,(H,23,24). The number of pyridine rings is 1. The van der Waals surface area contributed by atoms with Gasteiger partial charge in [-0.2, -0.15) is 0 Å². The molecular formula is C21H17BrN4OS. The number of aromatic nitrogens is 4. The molecule has 1 N–H and O–H groups in total. The normalized spacial score (nSPS) is 11.6. The van der Waals surface area contributed by atoms with Gasteiger partial charge in [-0.05, 0) is 30.3 Å². The van der Waals surface area contributed by atoms with Crippen molar-refractivity contribution in [3.05, 3.63) is 58.8 Å². The fraction of sp³-hybridized carbons (Fsp3) is 0.143. The van der Waals surface area contributed by atoms with Gasteiger partial charge in [0.1, 0.15) is 10.7 Å². The summed E-state index contributed by atoms with van der Waals surface area (Å²) in [6.07, 6.45) is 5.95. The van der Waals surface area contributed by atoms with Gasteiger partial charge in [-0.3, -0.25) is 0 Å². The molecule has 0 saturated carbocycles. The van der Waals surface area contributed by atoms with E-state index in [9.17, 15) is 0 Å². The number of hydrogen-bond acceptors (Lipinski definition) is 4. The van der Waals surface area contributed by atoms with Gasteiger partial charge in [-0.1, -0.05) is 15.9 Å². The van der Waals surface area contributed by atoms with E-state index < -0.39 is 0 Å². The van der Waals surface area contributed by atoms with Gasteiger partial charge in [-0.15, -0.1) is 11.3 Å². The molecule has 140 valence electrons. The van der Waals surface area contributed by atoms with Gasteiger partial charge in [0.25, 0.3) is 0 Å². The van der Waals surface area contributed by atoms with Crippen molar-refractivity contribution >= 4 is 49.2 Å². The molecule has 0 aliphatic rings. The van der Waals surface area contributed by atoms with Crippen molar-refractivity contribution in [2.75, 3.05) is 13.7 Å². The Morgan fingerprint density at radius 2 is 2.14 bits per heavy atom. The van der Waals surface area contributed by atoms with E-state index in [2.05, 4.69) is 66.3 Å². The first kappa shape index (κ1) is 17.6. The zero-order valence-corrected chi connectivity index (χ0v) is 17.5. The van der Waals surface area contributed by atoms with Gasteiger partial charge in [0.2, 0.25) is 0 Å². The summed E-state index contributed by atoms with van der Waals surface area (Å²) in [6, 6.07) is 10.4. The van der Waals surface area contributed by atoms with Crippen molar-refractivity contribution < 1.29 is 4.74 Å². The van der Waals surface area contributed by atoms with E-state index in [1.165, 1.54) is 10.9 Å². The maximum absolute atomic E-state index is 5.27. The van der Waals surface area contributed by atoms with Gasteiger partial charge in [-0.25, -0.2) is 9.97 Å². The van der Waals surface area contributed by atoms with Gasteiger partial charge in [0.05, 0.1) is 12.3 Å². The second-order valence-electron chi connectivity index (χ2n) is 6.53. The second-order valence-corrected chi connectivity index (χ2v) is 8.30. The molecule has 4 aromatic heterocycles. The minimum absolute atomic E-state index is 0.671. The number of ether oxygens (including phenoxy) is 1. The van der Waals surface area contributed by atoms with Crippen molar-refractivity contribution in [1.82, 2.24) is 19.5 Å². The molecule has 1 aromatic carbocycles. The summed E-state index contributed by atoms with van der Waals surface area (Å²) in [5.41, 5.74) is 5.25. The topological polar surface area (TPSA) is 55.7 Å². The molecular weight excluding hydrogens is 436 g/mol. The van der Waals surface area contributed by atoms with Gasteiger partial charge in [0, 0.05) is 69.5 Å². The maximum Gasteiger partial charge on any atom is 0.137 e. The highest BCUT2D eigenvalue weighted by molar-refractivity contribution is 9.10. The fourth-order valence-corrected chi connectivity index (χ4v) is 4.71. The first-order valence-electron chi connectivity index (χ1n) is 8.90. The fourth-order valence-electron chi connectivity index (χ4n) is 3.50. The Labute approximate surface area is 174 Å². The van der Waals surface area contributed by atoms with Crippen LogP contribution in [0, 0.1) is 0 Å². The first-order valence-corrected chi connectivity index (χ1v) is 10.6. The number of fused-ring (bicyclic) bond motifs is 2. The summed E-state index contributed by atoms with van der Waals surface area (Å²) >= 11 is 5.26. The largest absolute Gasteiger partial charge is 0.383 e. The SMILES string of the molecule is COCCn1cc(-c2nc(-c3c[nH]c4ncccc34)cs2)c2cc(Br)ccc21. The molecule has 0 fully saturated rings. The molecule has 5 rings (SSSR count). The molecule has 0 bridgehead atoms. The number of aromatic amines is 1. The van der Waals surface area contributed by atoms with E-state index in [0.717, 1.165) is 43.9 Å². The van der Waals surface area contributed by atoms with Crippen LogP contribution in [0.4, 0.5) is 0 Å². The number of methoxy groups -OCH3 is 1. The highest BCUT2D eigenvalue weighted by Gasteiger charge is 2.16. The lowest BCUT2D eigenvalue weighted by Crippen LogP contribution is -2.02. The molecule has 0 aliphatic carbocycles. The van der Waals surface area contributed by atoms with Crippen molar-refractivity contribution in [3.63, 3.8) is 0 Å². The lowest BCUT2D eigenvalue weighted by atomic mass is 10.1. The van der Waals surface area contributed by atoms with Crippen molar-refractivity contribution in [3.8, 4) is 21.8 Å². The molecule has 0 spiro atoms. The number of H-pyrrole nitrogens is 1. The Morgan fingerprint density at radius 1 is 1.21 bits per heavy atom. The molecule has 0 atom stereocenters. The van der Waals surface area contributed by atoms with Gasteiger partial charge < -0.3 is 14.3 Å². The highest BCUT2D eigenvalue weighted by atomic mass is 79.9. The summed E-state index contributed by atoms with van der Waals surface area (Å²) in [7, 11) is 1.73. The van der Waals surface area contributed by atoms with Crippen LogP contribution in [-0.2, 0) is 11.3 Å². The molecule has 5 aromatic rings. The van der Waals surface area contributed by atoms with E-state index in [1.54, 1.807) is 24.6 Å². The Balaban J connectivity index is 1.62. The smallest absolute Gasteiger partial charge is 0.137 e. The third-order valence-corrected chi connectivity index (χ3v) is 6.21. The number of nitrogens with zero attached hydrogens (tertiary/aromatic N) is 3. The first-order chi connectivity index (χ1) is 13.7. The molecule has 0 saturated heterocycles. The number of nitrogens with one attached hydrogen (secondary N) is 1.